The zero-order chi connectivity index (χ0) is 21.7. The molecule has 3 aliphatic rings. The number of nitrogens with zero attached hydrogens (tertiary/aromatic N) is 1. The molecule has 164 valence electrons. The molecule has 0 aromatic heterocycles. The minimum atomic E-state index is -0.869. The maximum Gasteiger partial charge on any atom is 0.162 e. The molecule has 3 aliphatic heterocycles. The van der Waals surface area contributed by atoms with Gasteiger partial charge in [-0.3, -0.25) is 0 Å². The molecule has 1 unspecified atom stereocenters. The predicted molar refractivity (Wildman–Crippen MR) is 121 cm³/mol. The van der Waals surface area contributed by atoms with Crippen molar-refractivity contribution in [3.63, 3.8) is 0 Å². The topological polar surface area (TPSA) is 36.5 Å². The molecule has 0 saturated carbocycles. The fourth-order valence-electron chi connectivity index (χ4n) is 5.39. The van der Waals surface area contributed by atoms with Crippen LogP contribution >= 0.6 is 0 Å². The van der Waals surface area contributed by atoms with E-state index >= 15 is 0 Å². The molecule has 2 atom stereocenters. The number of nitrogens with one attached hydrogen (secondary N) is 2. The van der Waals surface area contributed by atoms with Crippen LogP contribution in [0.5, 0.6) is 5.75 Å². The monoisotopic (exact) mass is 433 g/mol. The highest BCUT2D eigenvalue weighted by molar-refractivity contribution is 5.69. The van der Waals surface area contributed by atoms with Crippen molar-refractivity contribution in [2.24, 2.45) is 0 Å². The standard InChI is InChI=1S/C26H25F2N3O/c27-22-11-21-25(12-23(22)28)32-16-26(21)15-31(24-4-2-1-3-20(24)26)14-17-5-7-18(8-6-17)30-19-9-10-29-13-19/h1-8,11-12,19,29-30H,9-10,13-16H2/t19-,26?/m1/s1. The van der Waals surface area contributed by atoms with Crippen molar-refractivity contribution in [3.8, 4) is 5.75 Å². The molecule has 0 radical (unpaired) electrons. The minimum absolute atomic E-state index is 0.386. The van der Waals surface area contributed by atoms with Crippen molar-refractivity contribution in [1.29, 1.82) is 0 Å². The Labute approximate surface area is 186 Å². The summed E-state index contributed by atoms with van der Waals surface area (Å²) >= 11 is 0. The fourth-order valence-corrected chi connectivity index (χ4v) is 5.39. The molecule has 1 fully saturated rings. The summed E-state index contributed by atoms with van der Waals surface area (Å²) in [5.41, 5.74) is 4.81. The number of anilines is 2. The average Bonchev–Trinajstić information content (AvgIpc) is 3.51. The first kappa shape index (κ1) is 19.6. The van der Waals surface area contributed by atoms with E-state index in [9.17, 15) is 8.78 Å². The van der Waals surface area contributed by atoms with Crippen molar-refractivity contribution >= 4 is 11.4 Å². The Bertz CT molecular complexity index is 1160. The van der Waals surface area contributed by atoms with Crippen LogP contribution in [-0.4, -0.2) is 32.3 Å². The van der Waals surface area contributed by atoms with E-state index in [0.29, 0.717) is 24.9 Å². The first-order valence-corrected chi connectivity index (χ1v) is 11.2. The summed E-state index contributed by atoms with van der Waals surface area (Å²) in [6.45, 7) is 3.86. The van der Waals surface area contributed by atoms with Crippen molar-refractivity contribution in [2.45, 2.75) is 24.4 Å². The van der Waals surface area contributed by atoms with Gasteiger partial charge in [-0.15, -0.1) is 0 Å². The maximum absolute atomic E-state index is 14.2. The normalized spacial score (nSPS) is 23.3. The van der Waals surface area contributed by atoms with Crippen LogP contribution in [0.3, 0.4) is 0 Å². The molecule has 6 rings (SSSR count). The van der Waals surface area contributed by atoms with E-state index in [1.807, 2.05) is 12.1 Å². The second kappa shape index (κ2) is 7.48. The van der Waals surface area contributed by atoms with Gasteiger partial charge in [-0.05, 0) is 48.4 Å². The number of benzene rings is 3. The van der Waals surface area contributed by atoms with Gasteiger partial charge in [0.2, 0.25) is 0 Å². The van der Waals surface area contributed by atoms with E-state index in [4.69, 9.17) is 4.74 Å². The summed E-state index contributed by atoms with van der Waals surface area (Å²) in [6.07, 6.45) is 1.14. The second-order valence-corrected chi connectivity index (χ2v) is 9.04. The molecular weight excluding hydrogens is 408 g/mol. The molecule has 1 saturated heterocycles. The maximum atomic E-state index is 14.2. The molecule has 3 heterocycles. The molecule has 3 aromatic carbocycles. The van der Waals surface area contributed by atoms with E-state index in [-0.39, 0.29) is 0 Å². The molecule has 4 nitrogen and oxygen atoms in total. The van der Waals surface area contributed by atoms with Gasteiger partial charge in [-0.25, -0.2) is 8.78 Å². The summed E-state index contributed by atoms with van der Waals surface area (Å²) in [5, 5.41) is 6.95. The lowest BCUT2D eigenvalue weighted by molar-refractivity contribution is 0.298. The van der Waals surface area contributed by atoms with Gasteiger partial charge in [0.1, 0.15) is 12.4 Å². The van der Waals surface area contributed by atoms with Crippen molar-refractivity contribution in [3.05, 3.63) is 89.0 Å². The first-order chi connectivity index (χ1) is 15.6. The number of rotatable bonds is 4. The van der Waals surface area contributed by atoms with Gasteiger partial charge >= 0.3 is 0 Å². The highest BCUT2D eigenvalue weighted by atomic mass is 19.2. The highest BCUT2D eigenvalue weighted by Gasteiger charge is 2.50. The molecule has 0 aliphatic carbocycles. The van der Waals surface area contributed by atoms with Crippen molar-refractivity contribution < 1.29 is 13.5 Å². The minimum Gasteiger partial charge on any atom is -0.492 e. The van der Waals surface area contributed by atoms with Gasteiger partial charge in [-0.1, -0.05) is 30.3 Å². The second-order valence-electron chi connectivity index (χ2n) is 9.04. The van der Waals surface area contributed by atoms with Gasteiger partial charge in [0.25, 0.3) is 0 Å². The number of ether oxygens (including phenoxy) is 1. The summed E-state index contributed by atoms with van der Waals surface area (Å²) in [6, 6.07) is 19.8. The molecule has 6 heteroatoms. The SMILES string of the molecule is Fc1cc2c(cc1F)C1(CO2)CN(Cc2ccc(N[C@@H]3CCNC3)cc2)c2ccccc21. The zero-order valence-electron chi connectivity index (χ0n) is 17.7. The van der Waals surface area contributed by atoms with Gasteiger partial charge in [0.05, 0.1) is 5.41 Å². The van der Waals surface area contributed by atoms with Crippen molar-refractivity contribution in [1.82, 2.24) is 5.32 Å². The summed E-state index contributed by atoms with van der Waals surface area (Å²) < 4.78 is 33.8. The number of hydrogen-bond acceptors (Lipinski definition) is 4. The van der Waals surface area contributed by atoms with Crippen LogP contribution in [0.25, 0.3) is 0 Å². The van der Waals surface area contributed by atoms with Gasteiger partial charge in [0, 0.05) is 48.7 Å². The smallest absolute Gasteiger partial charge is 0.162 e. The largest absolute Gasteiger partial charge is 0.492 e. The lowest BCUT2D eigenvalue weighted by Gasteiger charge is -2.25. The van der Waals surface area contributed by atoms with E-state index in [1.165, 1.54) is 17.7 Å². The van der Waals surface area contributed by atoms with Crippen LogP contribution in [0.15, 0.2) is 60.7 Å². The third kappa shape index (κ3) is 3.13. The quantitative estimate of drug-likeness (QED) is 0.638. The highest BCUT2D eigenvalue weighted by Crippen LogP contribution is 2.52. The number of fused-ring (bicyclic) bond motifs is 4. The summed E-state index contributed by atoms with van der Waals surface area (Å²) in [4.78, 5) is 2.32. The van der Waals surface area contributed by atoms with E-state index < -0.39 is 17.0 Å². The zero-order valence-corrected chi connectivity index (χ0v) is 17.7. The van der Waals surface area contributed by atoms with Crippen LogP contribution in [0.4, 0.5) is 20.2 Å². The van der Waals surface area contributed by atoms with Gasteiger partial charge in [-0.2, -0.15) is 0 Å². The molecule has 0 bridgehead atoms. The summed E-state index contributed by atoms with van der Waals surface area (Å²) in [7, 11) is 0. The molecule has 32 heavy (non-hydrogen) atoms. The number of para-hydroxylation sites is 1. The third-order valence-electron chi connectivity index (χ3n) is 6.99. The van der Waals surface area contributed by atoms with Gasteiger partial charge in [0.15, 0.2) is 11.6 Å². The van der Waals surface area contributed by atoms with Gasteiger partial charge < -0.3 is 20.3 Å². The molecule has 0 amide bonds. The Morgan fingerprint density at radius 1 is 1.03 bits per heavy atom. The Morgan fingerprint density at radius 3 is 2.66 bits per heavy atom. The van der Waals surface area contributed by atoms with Crippen LogP contribution in [0.1, 0.15) is 23.1 Å². The Morgan fingerprint density at radius 2 is 1.84 bits per heavy atom. The molecule has 1 spiro atoms. The van der Waals surface area contributed by atoms with E-state index in [1.54, 1.807) is 0 Å². The average molecular weight is 434 g/mol. The lowest BCUT2D eigenvalue weighted by atomic mass is 9.78. The molecule has 3 aromatic rings. The summed E-state index contributed by atoms with van der Waals surface area (Å²) in [5.74, 6) is -1.26. The van der Waals surface area contributed by atoms with Crippen molar-refractivity contribution in [2.75, 3.05) is 36.5 Å². The number of hydrogen-bond donors (Lipinski definition) is 2. The molecule has 2 N–H and O–H groups in total. The number of halogens is 2. The lowest BCUT2D eigenvalue weighted by Crippen LogP contribution is -2.36. The first-order valence-electron chi connectivity index (χ1n) is 11.2. The fraction of sp³-hybridized carbons (Fsp3) is 0.308. The Hall–Kier alpha value is -3.12. The third-order valence-corrected chi connectivity index (χ3v) is 6.99. The van der Waals surface area contributed by atoms with E-state index in [0.717, 1.165) is 48.6 Å². The Balaban J connectivity index is 1.28. The van der Waals surface area contributed by atoms with Crippen LogP contribution in [0.2, 0.25) is 0 Å². The molecular formula is C26H25F2N3O. The van der Waals surface area contributed by atoms with Crippen LogP contribution in [-0.2, 0) is 12.0 Å². The van der Waals surface area contributed by atoms with E-state index in [2.05, 4.69) is 51.9 Å². The predicted octanol–water partition coefficient (Wildman–Crippen LogP) is 4.44. The van der Waals surface area contributed by atoms with Crippen LogP contribution < -0.4 is 20.3 Å². The van der Waals surface area contributed by atoms with Crippen LogP contribution in [0, 0.1) is 11.6 Å². The Kier molecular flexibility index (Phi) is 4.57.